The largest absolute Gasteiger partial charge is 0.478 e. The summed E-state index contributed by atoms with van der Waals surface area (Å²) in [4.78, 5) is 17.9. The molecule has 3 rings (SSSR count). The van der Waals surface area contributed by atoms with Crippen molar-refractivity contribution in [2.24, 2.45) is 5.92 Å². The molecule has 1 saturated carbocycles. The van der Waals surface area contributed by atoms with Crippen molar-refractivity contribution in [2.45, 2.75) is 44.6 Å². The van der Waals surface area contributed by atoms with E-state index >= 15 is 0 Å². The molecule has 1 aromatic heterocycles. The second-order valence-corrected chi connectivity index (χ2v) is 6.18. The lowest BCUT2D eigenvalue weighted by atomic mass is 9.78. The summed E-state index contributed by atoms with van der Waals surface area (Å²) in [5, 5.41) is 9.40. The highest BCUT2D eigenvalue weighted by molar-refractivity contribution is 6.33. The lowest BCUT2D eigenvalue weighted by molar-refractivity contribution is 0.0697. The van der Waals surface area contributed by atoms with Gasteiger partial charge in [-0.25, -0.2) is 9.78 Å². The highest BCUT2D eigenvalue weighted by Gasteiger charge is 2.34. The molecule has 1 N–H and O–H groups in total. The molecule has 1 aromatic rings. The van der Waals surface area contributed by atoms with Crippen molar-refractivity contribution in [1.29, 1.82) is 0 Å². The van der Waals surface area contributed by atoms with Crippen molar-refractivity contribution in [3.05, 3.63) is 22.8 Å². The first-order chi connectivity index (χ1) is 9.66. The summed E-state index contributed by atoms with van der Waals surface area (Å²) in [5.41, 5.74) is 0.148. The first-order valence-electron chi connectivity index (χ1n) is 7.32. The predicted octanol–water partition coefficient (Wildman–Crippen LogP) is 3.59. The van der Waals surface area contributed by atoms with Crippen LogP contribution in [0.3, 0.4) is 0 Å². The Morgan fingerprint density at radius 3 is 2.85 bits per heavy atom. The van der Waals surface area contributed by atoms with Crippen molar-refractivity contribution in [3.63, 3.8) is 0 Å². The monoisotopic (exact) mass is 294 g/mol. The van der Waals surface area contributed by atoms with Gasteiger partial charge in [-0.1, -0.05) is 24.4 Å². The fourth-order valence-corrected chi connectivity index (χ4v) is 3.84. The molecular formula is C15H19ClN2O2. The number of hydrogen-bond donors (Lipinski definition) is 1. The van der Waals surface area contributed by atoms with E-state index < -0.39 is 5.97 Å². The fourth-order valence-electron chi connectivity index (χ4n) is 3.66. The maximum atomic E-state index is 11.2. The molecule has 0 spiro atoms. The van der Waals surface area contributed by atoms with Crippen LogP contribution in [-0.4, -0.2) is 28.6 Å². The van der Waals surface area contributed by atoms with Crippen LogP contribution in [-0.2, 0) is 0 Å². The Balaban J connectivity index is 1.91. The summed E-state index contributed by atoms with van der Waals surface area (Å²) in [6.07, 6.45) is 8.99. The van der Waals surface area contributed by atoms with Gasteiger partial charge >= 0.3 is 5.97 Å². The van der Waals surface area contributed by atoms with Gasteiger partial charge in [-0.05, 0) is 37.7 Å². The van der Waals surface area contributed by atoms with Gasteiger partial charge in [0, 0.05) is 18.8 Å². The maximum absolute atomic E-state index is 11.2. The fraction of sp³-hybridized carbons (Fsp3) is 0.600. The Morgan fingerprint density at radius 2 is 2.05 bits per heavy atom. The zero-order chi connectivity index (χ0) is 14.1. The Labute approximate surface area is 123 Å². The summed E-state index contributed by atoms with van der Waals surface area (Å²) >= 11 is 5.91. The van der Waals surface area contributed by atoms with Crippen molar-refractivity contribution in [3.8, 4) is 0 Å². The second-order valence-electron chi connectivity index (χ2n) is 5.78. The summed E-state index contributed by atoms with van der Waals surface area (Å²) in [7, 11) is 0. The summed E-state index contributed by atoms with van der Waals surface area (Å²) in [6.45, 7) is 0.967. The van der Waals surface area contributed by atoms with E-state index in [0.717, 1.165) is 24.7 Å². The summed E-state index contributed by atoms with van der Waals surface area (Å²) < 4.78 is 0. The van der Waals surface area contributed by atoms with E-state index in [1.807, 2.05) is 0 Å². The molecule has 0 unspecified atom stereocenters. The number of hydrogen-bond acceptors (Lipinski definition) is 3. The quantitative estimate of drug-likeness (QED) is 0.905. The molecule has 0 amide bonds. The van der Waals surface area contributed by atoms with Crippen LogP contribution in [0.4, 0.5) is 5.82 Å². The van der Waals surface area contributed by atoms with Crippen LogP contribution < -0.4 is 4.90 Å². The number of halogens is 1. The summed E-state index contributed by atoms with van der Waals surface area (Å²) in [6, 6.07) is 2.15. The number of pyridine rings is 1. The number of nitrogens with zero attached hydrogens (tertiary/aromatic N) is 2. The van der Waals surface area contributed by atoms with Crippen LogP contribution in [0.2, 0.25) is 5.02 Å². The van der Waals surface area contributed by atoms with E-state index in [4.69, 9.17) is 11.6 Å². The van der Waals surface area contributed by atoms with Gasteiger partial charge in [-0.3, -0.25) is 0 Å². The minimum absolute atomic E-state index is 0.148. The predicted molar refractivity (Wildman–Crippen MR) is 78.5 cm³/mol. The molecule has 108 valence electrons. The minimum Gasteiger partial charge on any atom is -0.478 e. The average Bonchev–Trinajstić information content (AvgIpc) is 2.47. The van der Waals surface area contributed by atoms with Crippen molar-refractivity contribution in [2.75, 3.05) is 11.4 Å². The van der Waals surface area contributed by atoms with E-state index in [0.29, 0.717) is 6.04 Å². The van der Waals surface area contributed by atoms with Crippen molar-refractivity contribution < 1.29 is 9.90 Å². The minimum atomic E-state index is -0.990. The second kappa shape index (κ2) is 5.60. The number of aromatic carboxylic acids is 1. The highest BCUT2D eigenvalue weighted by atomic mass is 35.5. The van der Waals surface area contributed by atoms with Gasteiger partial charge < -0.3 is 10.0 Å². The number of aromatic nitrogens is 1. The number of rotatable bonds is 2. The molecule has 5 heteroatoms. The molecule has 2 atom stereocenters. The molecule has 0 radical (unpaired) electrons. The van der Waals surface area contributed by atoms with Gasteiger partial charge in [0.05, 0.1) is 10.6 Å². The number of fused-ring (bicyclic) bond motifs is 1. The van der Waals surface area contributed by atoms with Crippen LogP contribution >= 0.6 is 11.6 Å². The zero-order valence-corrected chi connectivity index (χ0v) is 12.1. The standard InChI is InChI=1S/C15H19ClN2O2/c16-12-9-17-14(8-11(12)15(19)20)18-7-3-5-10-4-1-2-6-13(10)18/h8-10,13H,1-7H2,(H,19,20)/t10-,13-/m1/s1. The van der Waals surface area contributed by atoms with E-state index in [1.165, 1.54) is 38.3 Å². The summed E-state index contributed by atoms with van der Waals surface area (Å²) in [5.74, 6) is 0.516. The van der Waals surface area contributed by atoms with Crippen LogP contribution in [0.25, 0.3) is 0 Å². The number of anilines is 1. The Bertz CT molecular complexity index is 519. The number of carbonyl (C=O) groups is 1. The Kier molecular flexibility index (Phi) is 3.83. The molecule has 0 aromatic carbocycles. The van der Waals surface area contributed by atoms with Gasteiger partial charge in [0.2, 0.25) is 0 Å². The number of piperidine rings is 1. The Morgan fingerprint density at radius 1 is 1.30 bits per heavy atom. The molecule has 2 aliphatic rings. The molecule has 4 nitrogen and oxygen atoms in total. The van der Waals surface area contributed by atoms with Gasteiger partial charge in [0.25, 0.3) is 0 Å². The zero-order valence-electron chi connectivity index (χ0n) is 11.4. The van der Waals surface area contributed by atoms with E-state index in [1.54, 1.807) is 6.07 Å². The third kappa shape index (κ3) is 2.49. The van der Waals surface area contributed by atoms with Gasteiger partial charge in [-0.2, -0.15) is 0 Å². The third-order valence-corrected chi connectivity index (χ3v) is 4.91. The van der Waals surface area contributed by atoms with Crippen LogP contribution in [0.15, 0.2) is 12.3 Å². The molecule has 2 fully saturated rings. The molecule has 2 heterocycles. The van der Waals surface area contributed by atoms with E-state index in [9.17, 15) is 9.90 Å². The SMILES string of the molecule is O=C(O)c1cc(N2CCC[C@H]3CCCC[C@H]32)ncc1Cl. The normalized spacial score (nSPS) is 26.1. The van der Waals surface area contributed by atoms with Gasteiger partial charge in [0.15, 0.2) is 0 Å². The number of carboxylic acid groups (broad SMARTS) is 1. The van der Waals surface area contributed by atoms with Crippen LogP contribution in [0.1, 0.15) is 48.9 Å². The molecular weight excluding hydrogens is 276 g/mol. The topological polar surface area (TPSA) is 53.4 Å². The third-order valence-electron chi connectivity index (χ3n) is 4.61. The first kappa shape index (κ1) is 13.7. The lowest BCUT2D eigenvalue weighted by Crippen LogP contribution is -2.47. The molecule has 1 saturated heterocycles. The highest BCUT2D eigenvalue weighted by Crippen LogP contribution is 2.37. The van der Waals surface area contributed by atoms with Crippen LogP contribution in [0.5, 0.6) is 0 Å². The first-order valence-corrected chi connectivity index (χ1v) is 7.70. The smallest absolute Gasteiger partial charge is 0.337 e. The lowest BCUT2D eigenvalue weighted by Gasteiger charge is -2.44. The van der Waals surface area contributed by atoms with Gasteiger partial charge in [0.1, 0.15) is 5.82 Å². The molecule has 20 heavy (non-hydrogen) atoms. The van der Waals surface area contributed by atoms with E-state index in [-0.39, 0.29) is 10.6 Å². The van der Waals surface area contributed by atoms with Crippen LogP contribution in [0, 0.1) is 5.92 Å². The van der Waals surface area contributed by atoms with E-state index in [2.05, 4.69) is 9.88 Å². The van der Waals surface area contributed by atoms with Crippen molar-refractivity contribution in [1.82, 2.24) is 4.98 Å². The van der Waals surface area contributed by atoms with Gasteiger partial charge in [-0.15, -0.1) is 0 Å². The maximum Gasteiger partial charge on any atom is 0.337 e. The number of carboxylic acids is 1. The molecule has 0 bridgehead atoms. The molecule has 1 aliphatic heterocycles. The van der Waals surface area contributed by atoms with Crippen molar-refractivity contribution >= 4 is 23.4 Å². The Hall–Kier alpha value is -1.29. The molecule has 1 aliphatic carbocycles. The average molecular weight is 295 g/mol.